The van der Waals surface area contributed by atoms with Gasteiger partial charge in [-0.25, -0.2) is 14.2 Å². The fraction of sp³-hybridized carbons (Fsp3) is 0.120. The summed E-state index contributed by atoms with van der Waals surface area (Å²) in [5, 5.41) is 10.7. The van der Waals surface area contributed by atoms with Crippen molar-refractivity contribution < 1.29 is 28.6 Å². The maximum atomic E-state index is 14.9. The lowest BCUT2D eigenvalue weighted by atomic mass is 9.95. The summed E-state index contributed by atoms with van der Waals surface area (Å²) in [7, 11) is 1.22. The predicted molar refractivity (Wildman–Crippen MR) is 125 cm³/mol. The summed E-state index contributed by atoms with van der Waals surface area (Å²) in [4.78, 5) is 43.8. The molecule has 1 amide bonds. The summed E-state index contributed by atoms with van der Waals surface area (Å²) in [5.74, 6) is -3.70. The number of carbonyl (C=O) groups excluding carboxylic acids is 3. The number of rotatable bonds is 6. The van der Waals surface area contributed by atoms with Gasteiger partial charge in [0, 0.05) is 5.56 Å². The number of allylic oxidation sites excluding steroid dienone is 1. The van der Waals surface area contributed by atoms with E-state index >= 15 is 0 Å². The van der Waals surface area contributed by atoms with Crippen LogP contribution in [-0.2, 0) is 14.3 Å². The van der Waals surface area contributed by atoms with E-state index in [0.29, 0.717) is 5.69 Å². The van der Waals surface area contributed by atoms with Crippen LogP contribution in [0.5, 0.6) is 0 Å². The van der Waals surface area contributed by atoms with Gasteiger partial charge in [-0.2, -0.15) is 0 Å². The van der Waals surface area contributed by atoms with E-state index in [2.05, 4.69) is 4.98 Å². The van der Waals surface area contributed by atoms with Crippen molar-refractivity contribution >= 4 is 40.2 Å². The number of methoxy groups -OCH3 is 1. The van der Waals surface area contributed by atoms with Crippen LogP contribution < -0.4 is 4.90 Å². The second kappa shape index (κ2) is 9.40. The smallest absolute Gasteiger partial charge is 0.350 e. The summed E-state index contributed by atoms with van der Waals surface area (Å²) in [6.45, 7) is 1.56. The molecule has 0 aliphatic carbocycles. The van der Waals surface area contributed by atoms with Gasteiger partial charge in [-0.1, -0.05) is 65.9 Å². The Kier molecular flexibility index (Phi) is 6.38. The van der Waals surface area contributed by atoms with Gasteiger partial charge in [0.2, 0.25) is 0 Å². The number of esters is 1. The van der Waals surface area contributed by atoms with Crippen LogP contribution >= 0.6 is 11.3 Å². The highest BCUT2D eigenvalue weighted by Gasteiger charge is 2.46. The van der Waals surface area contributed by atoms with Crippen LogP contribution in [0.1, 0.15) is 32.5 Å². The fourth-order valence-electron chi connectivity index (χ4n) is 3.64. The Morgan fingerprint density at radius 1 is 1.15 bits per heavy atom. The molecule has 3 aromatic rings. The third-order valence-corrected chi connectivity index (χ3v) is 6.40. The first-order valence-electron chi connectivity index (χ1n) is 10.2. The third kappa shape index (κ3) is 4.13. The van der Waals surface area contributed by atoms with E-state index in [1.807, 2.05) is 6.07 Å². The Morgan fingerprint density at radius 2 is 1.82 bits per heavy atom. The lowest BCUT2D eigenvalue weighted by molar-refractivity contribution is -0.117. The van der Waals surface area contributed by atoms with Gasteiger partial charge >= 0.3 is 5.97 Å². The molecule has 9 heteroatoms. The molecule has 1 unspecified atom stereocenters. The molecule has 1 aromatic heterocycles. The highest BCUT2D eigenvalue weighted by Crippen LogP contribution is 2.43. The van der Waals surface area contributed by atoms with Gasteiger partial charge in [0.25, 0.3) is 5.91 Å². The number of aromatic nitrogens is 1. The number of hydrogen-bond donors (Lipinski definition) is 1. The first-order valence-corrected chi connectivity index (χ1v) is 11.0. The lowest BCUT2D eigenvalue weighted by Gasteiger charge is -2.24. The standard InChI is InChI=1S/C25H19FN2O5S/c1-14-22(24(32)33-2)34-25(27-14)28-20(16-10-6-7-11-17(16)26)19(21(30)23(28)31)18(29)13-12-15-8-4-3-5-9-15/h3-13,20,30H,1-2H3. The van der Waals surface area contributed by atoms with Crippen molar-refractivity contribution in [3.8, 4) is 0 Å². The largest absolute Gasteiger partial charge is 0.503 e. The molecule has 0 saturated carbocycles. The molecule has 0 spiro atoms. The predicted octanol–water partition coefficient (Wildman–Crippen LogP) is 4.56. The van der Waals surface area contributed by atoms with Crippen LogP contribution in [0.25, 0.3) is 6.08 Å². The highest BCUT2D eigenvalue weighted by molar-refractivity contribution is 7.17. The van der Waals surface area contributed by atoms with Gasteiger partial charge < -0.3 is 9.84 Å². The SMILES string of the molecule is COC(=O)c1sc(N2C(=O)C(O)=C(C(=O)C=Cc3ccccc3)C2c2ccccc2F)nc1C. The lowest BCUT2D eigenvalue weighted by Crippen LogP contribution is -2.31. The summed E-state index contributed by atoms with van der Waals surface area (Å²) in [5.41, 5.74) is 0.756. The van der Waals surface area contributed by atoms with Crippen molar-refractivity contribution in [3.63, 3.8) is 0 Å². The Hall–Kier alpha value is -4.11. The van der Waals surface area contributed by atoms with Gasteiger partial charge in [-0.05, 0) is 24.6 Å². The van der Waals surface area contributed by atoms with Crippen molar-refractivity contribution in [2.45, 2.75) is 13.0 Å². The van der Waals surface area contributed by atoms with Gasteiger partial charge in [0.1, 0.15) is 16.7 Å². The molecule has 1 N–H and O–H groups in total. The van der Waals surface area contributed by atoms with Crippen LogP contribution in [-0.4, -0.2) is 34.9 Å². The maximum absolute atomic E-state index is 14.9. The number of nitrogens with zero attached hydrogens (tertiary/aromatic N) is 2. The zero-order valence-electron chi connectivity index (χ0n) is 18.2. The van der Waals surface area contributed by atoms with Gasteiger partial charge in [0.05, 0.1) is 18.4 Å². The topological polar surface area (TPSA) is 96.8 Å². The number of hydrogen-bond acceptors (Lipinski definition) is 7. The van der Waals surface area contributed by atoms with Gasteiger partial charge in [-0.15, -0.1) is 0 Å². The molecule has 0 fully saturated rings. The van der Waals surface area contributed by atoms with Crippen LogP contribution in [0.3, 0.4) is 0 Å². The monoisotopic (exact) mass is 478 g/mol. The minimum Gasteiger partial charge on any atom is -0.503 e. The van der Waals surface area contributed by atoms with Crippen LogP contribution in [0.15, 0.2) is 72.0 Å². The molecule has 0 radical (unpaired) electrons. The molecule has 2 aromatic carbocycles. The molecule has 34 heavy (non-hydrogen) atoms. The number of anilines is 1. The number of aliphatic hydroxyl groups excluding tert-OH is 1. The Bertz CT molecular complexity index is 1350. The number of amides is 1. The van der Waals surface area contributed by atoms with Crippen LogP contribution in [0.2, 0.25) is 0 Å². The van der Waals surface area contributed by atoms with Gasteiger partial charge in [-0.3, -0.25) is 14.5 Å². The normalized spacial score (nSPS) is 15.9. The number of ketones is 1. The third-order valence-electron chi connectivity index (χ3n) is 5.26. The van der Waals surface area contributed by atoms with E-state index in [9.17, 15) is 23.9 Å². The van der Waals surface area contributed by atoms with E-state index in [-0.39, 0.29) is 21.1 Å². The summed E-state index contributed by atoms with van der Waals surface area (Å²) >= 11 is 0.853. The molecule has 1 aliphatic rings. The van der Waals surface area contributed by atoms with E-state index < -0.39 is 35.3 Å². The zero-order chi connectivity index (χ0) is 24.4. The summed E-state index contributed by atoms with van der Waals surface area (Å²) in [6.07, 6.45) is 2.76. The number of carbonyl (C=O) groups is 3. The average Bonchev–Trinajstić information content (AvgIpc) is 3.34. The molecule has 1 aliphatic heterocycles. The summed E-state index contributed by atoms with van der Waals surface area (Å²) in [6, 6.07) is 13.4. The van der Waals surface area contributed by atoms with Crippen LogP contribution in [0.4, 0.5) is 9.52 Å². The second-order valence-electron chi connectivity index (χ2n) is 7.37. The molecular formula is C25H19FN2O5S. The average molecular weight is 479 g/mol. The number of thiazole rings is 1. The number of aryl methyl sites for hydroxylation is 1. The second-order valence-corrected chi connectivity index (χ2v) is 8.35. The van der Waals surface area contributed by atoms with Crippen molar-refractivity contribution in [1.82, 2.24) is 4.98 Å². The minimum atomic E-state index is -1.28. The Labute approximate surface area is 198 Å². The van der Waals surface area contributed by atoms with Crippen molar-refractivity contribution in [2.75, 3.05) is 12.0 Å². The Morgan fingerprint density at radius 3 is 2.50 bits per heavy atom. The minimum absolute atomic E-state index is 0.00355. The van der Waals surface area contributed by atoms with Crippen molar-refractivity contribution in [1.29, 1.82) is 0 Å². The summed E-state index contributed by atoms with van der Waals surface area (Å²) < 4.78 is 19.6. The molecule has 0 bridgehead atoms. The van der Waals surface area contributed by atoms with Crippen LogP contribution in [0, 0.1) is 12.7 Å². The van der Waals surface area contributed by atoms with Crippen molar-refractivity contribution in [3.05, 3.63) is 99.5 Å². The number of ether oxygens (including phenoxy) is 1. The van der Waals surface area contributed by atoms with Gasteiger partial charge in [0.15, 0.2) is 16.7 Å². The first-order chi connectivity index (χ1) is 16.3. The fourth-order valence-corrected chi connectivity index (χ4v) is 4.65. The zero-order valence-corrected chi connectivity index (χ0v) is 19.0. The quantitative estimate of drug-likeness (QED) is 0.412. The molecule has 1 atom stereocenters. The number of benzene rings is 2. The van der Waals surface area contributed by atoms with E-state index in [0.717, 1.165) is 21.8 Å². The molecule has 4 rings (SSSR count). The number of aliphatic hydroxyl groups is 1. The first kappa shape index (κ1) is 23.1. The van der Waals surface area contributed by atoms with E-state index in [1.54, 1.807) is 37.3 Å². The van der Waals surface area contributed by atoms with E-state index in [4.69, 9.17) is 4.74 Å². The molecule has 0 saturated heterocycles. The molecule has 7 nitrogen and oxygen atoms in total. The van der Waals surface area contributed by atoms with Crippen molar-refractivity contribution in [2.24, 2.45) is 0 Å². The number of halogens is 1. The molecule has 2 heterocycles. The van der Waals surface area contributed by atoms with E-state index in [1.165, 1.54) is 37.5 Å². The molecular weight excluding hydrogens is 459 g/mol. The molecule has 172 valence electrons. The Balaban J connectivity index is 1.82. The maximum Gasteiger partial charge on any atom is 0.350 e. The highest BCUT2D eigenvalue weighted by atomic mass is 32.1.